The molecule has 1 aliphatic carbocycles. The van der Waals surface area contributed by atoms with Gasteiger partial charge in [0.2, 0.25) is 0 Å². The van der Waals surface area contributed by atoms with E-state index >= 15 is 0 Å². The number of hydrogen-bond acceptors (Lipinski definition) is 3. The van der Waals surface area contributed by atoms with E-state index in [2.05, 4.69) is 25.7 Å². The molecule has 84 valence electrons. The average Bonchev–Trinajstić information content (AvgIpc) is 2.15. The maximum Gasteiger partial charge on any atom is 0.184 e. The first-order valence-corrected chi connectivity index (χ1v) is 8.65. The highest BCUT2D eigenvalue weighted by atomic mass is 28.4. The summed E-state index contributed by atoms with van der Waals surface area (Å²) in [5, 5.41) is 9.00. The van der Waals surface area contributed by atoms with Crippen LogP contribution in [0, 0.1) is 17.2 Å². The number of rotatable bonds is 3. The molecule has 0 aromatic heterocycles. The number of methoxy groups -OCH3 is 1. The van der Waals surface area contributed by atoms with Crippen LogP contribution in [0.4, 0.5) is 0 Å². The molecule has 4 heteroatoms. The lowest BCUT2D eigenvalue weighted by atomic mass is 9.91. The molecule has 3 nitrogen and oxygen atoms in total. The summed E-state index contributed by atoms with van der Waals surface area (Å²) in [6, 6.07) is 2.28. The van der Waals surface area contributed by atoms with Crippen LogP contribution in [-0.2, 0) is 9.16 Å². The molecule has 3 atom stereocenters. The molecule has 0 amide bonds. The summed E-state index contributed by atoms with van der Waals surface area (Å²) in [6.45, 7) is 6.47. The second kappa shape index (κ2) is 4.93. The maximum absolute atomic E-state index is 9.00. The normalized spacial score (nSPS) is 31.3. The Balaban J connectivity index is 2.63. The highest BCUT2D eigenvalue weighted by Gasteiger charge is 2.29. The molecule has 0 aliphatic heterocycles. The molecule has 0 heterocycles. The topological polar surface area (TPSA) is 42.2 Å². The Bertz CT molecular complexity index is 277. The first-order valence-electron chi connectivity index (χ1n) is 5.25. The monoisotopic (exact) mass is 225 g/mol. The van der Waals surface area contributed by atoms with Gasteiger partial charge >= 0.3 is 0 Å². The van der Waals surface area contributed by atoms with Crippen LogP contribution >= 0.6 is 0 Å². The molecule has 0 aromatic rings. The summed E-state index contributed by atoms with van der Waals surface area (Å²) in [5.74, 6) is -0.0821. The first-order chi connectivity index (χ1) is 6.96. The molecular weight excluding hydrogens is 206 g/mol. The molecule has 0 radical (unpaired) electrons. The van der Waals surface area contributed by atoms with E-state index < -0.39 is 8.32 Å². The van der Waals surface area contributed by atoms with Gasteiger partial charge in [-0.2, -0.15) is 5.26 Å². The molecule has 1 aliphatic rings. The van der Waals surface area contributed by atoms with Crippen molar-refractivity contribution in [3.8, 4) is 6.07 Å². The van der Waals surface area contributed by atoms with Gasteiger partial charge in [-0.05, 0) is 26.1 Å². The number of hydrogen-bond donors (Lipinski definition) is 0. The van der Waals surface area contributed by atoms with Gasteiger partial charge < -0.3 is 9.16 Å². The lowest BCUT2D eigenvalue weighted by Crippen LogP contribution is -2.36. The maximum atomic E-state index is 9.00. The van der Waals surface area contributed by atoms with Crippen molar-refractivity contribution >= 4 is 8.32 Å². The van der Waals surface area contributed by atoms with Crippen molar-refractivity contribution in [1.29, 1.82) is 5.26 Å². The third-order valence-corrected chi connectivity index (χ3v) is 3.35. The first kappa shape index (κ1) is 12.4. The predicted octanol–water partition coefficient (Wildman–Crippen LogP) is 2.32. The molecule has 15 heavy (non-hydrogen) atoms. The summed E-state index contributed by atoms with van der Waals surface area (Å²) >= 11 is 0. The molecule has 0 saturated heterocycles. The largest absolute Gasteiger partial charge is 0.411 e. The van der Waals surface area contributed by atoms with E-state index in [-0.39, 0.29) is 18.1 Å². The molecule has 0 N–H and O–H groups in total. The van der Waals surface area contributed by atoms with E-state index in [9.17, 15) is 0 Å². The van der Waals surface area contributed by atoms with E-state index in [0.717, 1.165) is 6.42 Å². The van der Waals surface area contributed by atoms with Crippen LogP contribution in [0.5, 0.6) is 0 Å². The number of nitrogens with zero attached hydrogens (tertiary/aromatic N) is 1. The van der Waals surface area contributed by atoms with Crippen LogP contribution in [-0.4, -0.2) is 27.6 Å². The van der Waals surface area contributed by atoms with Crippen molar-refractivity contribution < 1.29 is 9.16 Å². The Labute approximate surface area is 92.8 Å². The van der Waals surface area contributed by atoms with E-state index in [1.54, 1.807) is 7.11 Å². The quantitative estimate of drug-likeness (QED) is 0.547. The fourth-order valence-corrected chi connectivity index (χ4v) is 2.82. The van der Waals surface area contributed by atoms with Gasteiger partial charge in [0.05, 0.1) is 24.2 Å². The van der Waals surface area contributed by atoms with Crippen LogP contribution in [0.1, 0.15) is 6.42 Å². The number of ether oxygens (including phenoxy) is 1. The van der Waals surface area contributed by atoms with Crippen LogP contribution < -0.4 is 0 Å². The minimum Gasteiger partial charge on any atom is -0.411 e. The van der Waals surface area contributed by atoms with E-state index in [1.165, 1.54) is 0 Å². The average molecular weight is 225 g/mol. The summed E-state index contributed by atoms with van der Waals surface area (Å²) in [7, 11) is 0.117. The van der Waals surface area contributed by atoms with Crippen molar-refractivity contribution in [2.45, 2.75) is 38.3 Å². The highest BCUT2D eigenvalue weighted by molar-refractivity contribution is 6.69. The fourth-order valence-electron chi connectivity index (χ4n) is 1.74. The van der Waals surface area contributed by atoms with Gasteiger partial charge in [0.1, 0.15) is 0 Å². The van der Waals surface area contributed by atoms with Crippen molar-refractivity contribution in [1.82, 2.24) is 0 Å². The standard InChI is InChI=1S/C11H19NO2Si/c1-13-11-6-5-10(7-9(11)8-12)14-15(2,3)4/h5-6,9-11H,7H2,1-4H3. The minimum absolute atomic E-state index is 0.0727. The highest BCUT2D eigenvalue weighted by Crippen LogP contribution is 2.24. The Morgan fingerprint density at radius 2 is 2.00 bits per heavy atom. The molecule has 0 spiro atoms. The Hall–Kier alpha value is -0.633. The third-order valence-electron chi connectivity index (χ3n) is 2.34. The van der Waals surface area contributed by atoms with Gasteiger partial charge in [-0.1, -0.05) is 12.2 Å². The molecular formula is C11H19NO2Si. The van der Waals surface area contributed by atoms with E-state index in [4.69, 9.17) is 14.4 Å². The van der Waals surface area contributed by atoms with Gasteiger partial charge in [0, 0.05) is 7.11 Å². The van der Waals surface area contributed by atoms with Gasteiger partial charge in [-0.25, -0.2) is 0 Å². The summed E-state index contributed by atoms with van der Waals surface area (Å²) in [6.07, 6.45) is 4.74. The Kier molecular flexibility index (Phi) is 4.09. The van der Waals surface area contributed by atoms with Crippen LogP contribution in [0.3, 0.4) is 0 Å². The molecule has 1 rings (SSSR count). The summed E-state index contributed by atoms with van der Waals surface area (Å²) in [4.78, 5) is 0. The minimum atomic E-state index is -1.52. The molecule has 0 aromatic carbocycles. The molecule has 0 bridgehead atoms. The lowest BCUT2D eigenvalue weighted by Gasteiger charge is -2.30. The van der Waals surface area contributed by atoms with E-state index in [0.29, 0.717) is 0 Å². The van der Waals surface area contributed by atoms with Crippen LogP contribution in [0.25, 0.3) is 0 Å². The third kappa shape index (κ3) is 3.78. The zero-order valence-electron chi connectivity index (χ0n) is 9.86. The smallest absolute Gasteiger partial charge is 0.184 e. The Morgan fingerprint density at radius 3 is 2.47 bits per heavy atom. The molecule has 0 saturated carbocycles. The SMILES string of the molecule is COC1C=CC(O[Si](C)(C)C)CC1C#N. The van der Waals surface area contributed by atoms with Crippen molar-refractivity contribution in [3.63, 3.8) is 0 Å². The van der Waals surface area contributed by atoms with Crippen molar-refractivity contribution in [2.75, 3.05) is 7.11 Å². The van der Waals surface area contributed by atoms with Gasteiger partial charge in [-0.15, -0.1) is 0 Å². The molecule has 0 fully saturated rings. The fraction of sp³-hybridized carbons (Fsp3) is 0.727. The van der Waals surface area contributed by atoms with Crippen LogP contribution in [0.2, 0.25) is 19.6 Å². The van der Waals surface area contributed by atoms with Crippen molar-refractivity contribution in [3.05, 3.63) is 12.2 Å². The van der Waals surface area contributed by atoms with Gasteiger partial charge in [-0.3, -0.25) is 0 Å². The van der Waals surface area contributed by atoms with Crippen molar-refractivity contribution in [2.24, 2.45) is 5.92 Å². The van der Waals surface area contributed by atoms with Crippen LogP contribution in [0.15, 0.2) is 12.2 Å². The Morgan fingerprint density at radius 1 is 1.33 bits per heavy atom. The zero-order chi connectivity index (χ0) is 11.5. The predicted molar refractivity (Wildman–Crippen MR) is 61.9 cm³/mol. The van der Waals surface area contributed by atoms with E-state index in [1.807, 2.05) is 12.2 Å². The zero-order valence-corrected chi connectivity index (χ0v) is 10.9. The second-order valence-electron chi connectivity index (χ2n) is 4.83. The second-order valence-corrected chi connectivity index (χ2v) is 9.29. The summed E-state index contributed by atoms with van der Waals surface area (Å²) in [5.41, 5.74) is 0. The molecule has 3 unspecified atom stereocenters. The number of nitriles is 1. The summed E-state index contributed by atoms with van der Waals surface area (Å²) < 4.78 is 11.2. The van der Waals surface area contributed by atoms with Gasteiger partial charge in [0.25, 0.3) is 0 Å². The lowest BCUT2D eigenvalue weighted by molar-refractivity contribution is 0.0785. The van der Waals surface area contributed by atoms with Gasteiger partial charge in [0.15, 0.2) is 8.32 Å².